The van der Waals surface area contributed by atoms with Gasteiger partial charge in [0, 0.05) is 19.1 Å². The van der Waals surface area contributed by atoms with Crippen molar-refractivity contribution >= 4 is 38.9 Å². The molecule has 0 aromatic heterocycles. The molecule has 0 spiro atoms. The maximum Gasteiger partial charge on any atom is 0.307 e. The van der Waals surface area contributed by atoms with E-state index >= 15 is 0 Å². The lowest BCUT2D eigenvalue weighted by atomic mass is 10.3. The summed E-state index contributed by atoms with van der Waals surface area (Å²) in [5, 5.41) is 10.2. The molecule has 0 saturated carbocycles. The summed E-state index contributed by atoms with van der Waals surface area (Å²) in [5.74, 6) is 0. The Morgan fingerprint density at radius 2 is 2.05 bits per heavy atom. The number of halogens is 2. The Morgan fingerprint density at radius 3 is 2.55 bits per heavy atom. The summed E-state index contributed by atoms with van der Waals surface area (Å²) in [7, 11) is -3.92. The number of nitrogens with two attached hydrogens (primary N) is 1. The molecular weight excluding hydrogens is 329 g/mol. The molecule has 1 aliphatic heterocycles. The largest absolute Gasteiger partial charge is 0.326 e. The van der Waals surface area contributed by atoms with Crippen LogP contribution in [0.2, 0.25) is 10.0 Å². The Kier molecular flexibility index (Phi) is 4.22. The SMILES string of the molecule is NC1CCN(S(=O)(=O)c2ccc(Cl)c([N+](=O)[O-])c2Cl)C1. The van der Waals surface area contributed by atoms with Crippen molar-refractivity contribution in [1.82, 2.24) is 4.31 Å². The van der Waals surface area contributed by atoms with Crippen LogP contribution in [0, 0.1) is 10.1 Å². The van der Waals surface area contributed by atoms with Crippen molar-refractivity contribution in [3.63, 3.8) is 0 Å². The first-order valence-corrected chi connectivity index (χ1v) is 7.83. The minimum Gasteiger partial charge on any atom is -0.326 e. The Hall–Kier alpha value is -0.930. The third kappa shape index (κ3) is 2.61. The Morgan fingerprint density at radius 1 is 1.40 bits per heavy atom. The minimum atomic E-state index is -3.92. The van der Waals surface area contributed by atoms with E-state index in [1.807, 2.05) is 0 Å². The van der Waals surface area contributed by atoms with Gasteiger partial charge in [-0.2, -0.15) is 4.31 Å². The smallest absolute Gasteiger partial charge is 0.307 e. The molecule has 7 nitrogen and oxygen atoms in total. The molecule has 0 aliphatic carbocycles. The molecule has 1 heterocycles. The summed E-state index contributed by atoms with van der Waals surface area (Å²) in [5.41, 5.74) is 5.06. The number of nitrogens with zero attached hydrogens (tertiary/aromatic N) is 2. The van der Waals surface area contributed by atoms with Crippen LogP contribution in [0.3, 0.4) is 0 Å². The van der Waals surface area contributed by atoms with Gasteiger partial charge in [0.2, 0.25) is 10.0 Å². The first kappa shape index (κ1) is 15.5. The van der Waals surface area contributed by atoms with Crippen molar-refractivity contribution in [2.24, 2.45) is 5.73 Å². The molecule has 2 rings (SSSR count). The number of rotatable bonds is 3. The second kappa shape index (κ2) is 5.45. The van der Waals surface area contributed by atoms with Gasteiger partial charge in [-0.1, -0.05) is 23.2 Å². The predicted octanol–water partition coefficient (Wildman–Crippen LogP) is 1.62. The highest BCUT2D eigenvalue weighted by Crippen LogP contribution is 2.38. The lowest BCUT2D eigenvalue weighted by Gasteiger charge is -2.16. The molecule has 1 aromatic rings. The molecule has 1 unspecified atom stereocenters. The fourth-order valence-corrected chi connectivity index (χ4v) is 4.38. The Labute approximate surface area is 125 Å². The fraction of sp³-hybridized carbons (Fsp3) is 0.400. The average Bonchev–Trinajstić information content (AvgIpc) is 2.75. The van der Waals surface area contributed by atoms with E-state index in [1.165, 1.54) is 0 Å². The number of sulfonamides is 1. The highest BCUT2D eigenvalue weighted by molar-refractivity contribution is 7.89. The number of nitro groups is 1. The molecule has 1 aromatic carbocycles. The molecule has 1 saturated heterocycles. The van der Waals surface area contributed by atoms with Gasteiger partial charge in [-0.15, -0.1) is 0 Å². The van der Waals surface area contributed by atoms with Crippen LogP contribution < -0.4 is 5.73 Å². The van der Waals surface area contributed by atoms with Crippen LogP contribution in [-0.2, 0) is 10.0 Å². The highest BCUT2D eigenvalue weighted by atomic mass is 35.5. The molecule has 1 fully saturated rings. The van der Waals surface area contributed by atoms with E-state index in [2.05, 4.69) is 0 Å². The molecule has 0 radical (unpaired) electrons. The predicted molar refractivity (Wildman–Crippen MR) is 74.5 cm³/mol. The van der Waals surface area contributed by atoms with Gasteiger partial charge in [0.25, 0.3) is 0 Å². The van der Waals surface area contributed by atoms with E-state index < -0.39 is 25.7 Å². The number of hydrogen-bond donors (Lipinski definition) is 1. The minimum absolute atomic E-state index is 0.162. The van der Waals surface area contributed by atoms with Crippen LogP contribution in [0.1, 0.15) is 6.42 Å². The topological polar surface area (TPSA) is 107 Å². The lowest BCUT2D eigenvalue weighted by Crippen LogP contribution is -2.32. The standard InChI is InChI=1S/C10H11Cl2N3O4S/c11-7-1-2-8(9(12)10(7)15(16)17)20(18,19)14-4-3-6(13)5-14/h1-2,6H,3-5,13H2. The van der Waals surface area contributed by atoms with E-state index in [0.717, 1.165) is 16.4 Å². The molecular formula is C10H11Cl2N3O4S. The van der Waals surface area contributed by atoms with Gasteiger partial charge in [-0.25, -0.2) is 8.42 Å². The van der Waals surface area contributed by atoms with Crippen molar-refractivity contribution in [3.8, 4) is 0 Å². The molecule has 0 bridgehead atoms. The lowest BCUT2D eigenvalue weighted by molar-refractivity contribution is -0.384. The van der Waals surface area contributed by atoms with Crippen molar-refractivity contribution in [2.75, 3.05) is 13.1 Å². The summed E-state index contributed by atoms with van der Waals surface area (Å²) in [6, 6.07) is 2.07. The van der Waals surface area contributed by atoms with Crippen LogP contribution in [0.15, 0.2) is 17.0 Å². The zero-order chi connectivity index (χ0) is 15.1. The fourth-order valence-electron chi connectivity index (χ4n) is 2.00. The van der Waals surface area contributed by atoms with Crippen LogP contribution >= 0.6 is 23.2 Å². The van der Waals surface area contributed by atoms with Gasteiger partial charge in [0.05, 0.1) is 4.92 Å². The van der Waals surface area contributed by atoms with Crippen molar-refractivity contribution < 1.29 is 13.3 Å². The number of hydrogen-bond acceptors (Lipinski definition) is 5. The van der Waals surface area contributed by atoms with E-state index in [4.69, 9.17) is 28.9 Å². The first-order chi connectivity index (χ1) is 9.25. The Bertz CT molecular complexity index is 665. The number of benzene rings is 1. The normalized spacial score (nSPS) is 20.2. The average molecular weight is 340 g/mol. The second-order valence-corrected chi connectivity index (χ2v) is 7.07. The summed E-state index contributed by atoms with van der Waals surface area (Å²) >= 11 is 11.5. The van der Waals surface area contributed by atoms with E-state index in [1.54, 1.807) is 0 Å². The maximum atomic E-state index is 12.4. The van der Waals surface area contributed by atoms with Crippen LogP contribution in [-0.4, -0.2) is 36.8 Å². The molecule has 0 amide bonds. The quantitative estimate of drug-likeness (QED) is 0.665. The highest BCUT2D eigenvalue weighted by Gasteiger charge is 2.35. The van der Waals surface area contributed by atoms with Gasteiger partial charge in [0.15, 0.2) is 0 Å². The van der Waals surface area contributed by atoms with E-state index in [-0.39, 0.29) is 29.0 Å². The first-order valence-electron chi connectivity index (χ1n) is 5.63. The van der Waals surface area contributed by atoms with Crippen LogP contribution in [0.4, 0.5) is 5.69 Å². The Balaban J connectivity index is 2.53. The number of nitro benzene ring substituents is 1. The molecule has 1 atom stereocenters. The summed E-state index contributed by atoms with van der Waals surface area (Å²) in [6.07, 6.45) is 0.534. The van der Waals surface area contributed by atoms with Crippen molar-refractivity contribution in [1.29, 1.82) is 0 Å². The third-order valence-corrected chi connectivity index (χ3v) is 5.73. The van der Waals surface area contributed by atoms with Gasteiger partial charge in [-0.05, 0) is 18.6 Å². The molecule has 2 N–H and O–H groups in total. The molecule has 20 heavy (non-hydrogen) atoms. The van der Waals surface area contributed by atoms with Gasteiger partial charge >= 0.3 is 5.69 Å². The van der Waals surface area contributed by atoms with Crippen molar-refractivity contribution in [2.45, 2.75) is 17.4 Å². The molecule has 10 heteroatoms. The van der Waals surface area contributed by atoms with E-state index in [0.29, 0.717) is 6.42 Å². The summed E-state index contributed by atoms with van der Waals surface area (Å²) in [6.45, 7) is 0.422. The third-order valence-electron chi connectivity index (χ3n) is 3.02. The van der Waals surface area contributed by atoms with Gasteiger partial charge in [0.1, 0.15) is 14.9 Å². The monoisotopic (exact) mass is 339 g/mol. The van der Waals surface area contributed by atoms with E-state index in [9.17, 15) is 18.5 Å². The molecule has 1 aliphatic rings. The summed E-state index contributed by atoms with van der Waals surface area (Å²) < 4.78 is 26.0. The maximum absolute atomic E-state index is 12.4. The van der Waals surface area contributed by atoms with Gasteiger partial charge < -0.3 is 5.73 Å². The van der Waals surface area contributed by atoms with Crippen molar-refractivity contribution in [3.05, 3.63) is 32.3 Å². The van der Waals surface area contributed by atoms with Crippen LogP contribution in [0.5, 0.6) is 0 Å². The molecule has 110 valence electrons. The zero-order valence-electron chi connectivity index (χ0n) is 10.1. The van der Waals surface area contributed by atoms with Crippen LogP contribution in [0.25, 0.3) is 0 Å². The summed E-state index contributed by atoms with van der Waals surface area (Å²) in [4.78, 5) is 9.77. The zero-order valence-corrected chi connectivity index (χ0v) is 12.5. The second-order valence-electron chi connectivity index (χ2n) is 4.38. The van der Waals surface area contributed by atoms with Gasteiger partial charge in [-0.3, -0.25) is 10.1 Å².